The first kappa shape index (κ1) is 15.4. The highest BCUT2D eigenvalue weighted by Gasteiger charge is 2.21. The van der Waals surface area contributed by atoms with Crippen LogP contribution in [0.1, 0.15) is 59.1 Å². The second-order valence-corrected chi connectivity index (χ2v) is 7.14. The van der Waals surface area contributed by atoms with Gasteiger partial charge in [0.1, 0.15) is 0 Å². The summed E-state index contributed by atoms with van der Waals surface area (Å²) in [6.45, 7) is 12.5. The molecule has 1 aromatic heterocycles. The third kappa shape index (κ3) is 3.77. The first-order valence-electron chi connectivity index (χ1n) is 8.27. The molecule has 0 aromatic carbocycles. The van der Waals surface area contributed by atoms with E-state index in [1.165, 1.54) is 25.7 Å². The summed E-state index contributed by atoms with van der Waals surface area (Å²) >= 11 is 0. The summed E-state index contributed by atoms with van der Waals surface area (Å²) in [7, 11) is 0. The molecule has 1 aliphatic rings. The van der Waals surface area contributed by atoms with E-state index in [1.807, 2.05) is 0 Å². The summed E-state index contributed by atoms with van der Waals surface area (Å²) in [6, 6.07) is 0.632. The van der Waals surface area contributed by atoms with Gasteiger partial charge in [0.25, 0.3) is 0 Å². The number of nitrogens with one attached hydrogen (secondary N) is 1. The maximum Gasteiger partial charge on any atom is 0.203 e. The van der Waals surface area contributed by atoms with Crippen LogP contribution < -0.4 is 5.32 Å². The van der Waals surface area contributed by atoms with E-state index < -0.39 is 0 Å². The van der Waals surface area contributed by atoms with Gasteiger partial charge >= 0.3 is 0 Å². The van der Waals surface area contributed by atoms with Crippen molar-refractivity contribution in [1.82, 2.24) is 9.55 Å². The average Bonchev–Trinajstić information content (AvgIpc) is 2.96. The monoisotopic (exact) mass is 277 g/mol. The van der Waals surface area contributed by atoms with Crippen molar-refractivity contribution >= 4 is 5.95 Å². The lowest BCUT2D eigenvalue weighted by molar-refractivity contribution is 0.252. The van der Waals surface area contributed by atoms with Crippen molar-refractivity contribution in [2.24, 2.45) is 17.8 Å². The zero-order valence-corrected chi connectivity index (χ0v) is 13.8. The molecule has 1 aliphatic carbocycles. The summed E-state index contributed by atoms with van der Waals surface area (Å²) in [6.07, 6.45) is 7.51. The number of aryl methyl sites for hydroxylation is 1. The molecule has 3 heteroatoms. The van der Waals surface area contributed by atoms with Gasteiger partial charge in [-0.2, -0.15) is 0 Å². The van der Waals surface area contributed by atoms with E-state index in [-0.39, 0.29) is 0 Å². The third-order valence-electron chi connectivity index (χ3n) is 4.71. The first-order valence-corrected chi connectivity index (χ1v) is 8.27. The van der Waals surface area contributed by atoms with Gasteiger partial charge in [0, 0.05) is 18.8 Å². The van der Waals surface area contributed by atoms with Crippen molar-refractivity contribution in [3.63, 3.8) is 0 Å². The van der Waals surface area contributed by atoms with Crippen LogP contribution in [0.2, 0.25) is 0 Å². The Balaban J connectivity index is 2.09. The molecule has 0 saturated heterocycles. The molecule has 0 unspecified atom stereocenters. The molecule has 1 heterocycles. The molecule has 0 amide bonds. The van der Waals surface area contributed by atoms with Gasteiger partial charge in [-0.25, -0.2) is 4.98 Å². The molecule has 0 spiro atoms. The lowest BCUT2D eigenvalue weighted by Gasteiger charge is -2.26. The molecular weight excluding hydrogens is 246 g/mol. The Morgan fingerprint density at radius 2 is 1.80 bits per heavy atom. The number of hydrogen-bond donors (Lipinski definition) is 1. The highest BCUT2D eigenvalue weighted by molar-refractivity contribution is 5.30. The smallest absolute Gasteiger partial charge is 0.203 e. The fourth-order valence-corrected chi connectivity index (χ4v) is 3.47. The van der Waals surface area contributed by atoms with E-state index in [0.717, 1.165) is 18.2 Å². The zero-order chi connectivity index (χ0) is 14.7. The molecule has 0 radical (unpaired) electrons. The van der Waals surface area contributed by atoms with Crippen molar-refractivity contribution in [2.75, 3.05) is 5.32 Å². The molecule has 114 valence electrons. The minimum absolute atomic E-state index is 0.632. The van der Waals surface area contributed by atoms with Gasteiger partial charge in [0.05, 0.1) is 5.69 Å². The number of anilines is 1. The van der Waals surface area contributed by atoms with Crippen LogP contribution in [-0.4, -0.2) is 15.6 Å². The Labute approximate surface area is 124 Å². The maximum atomic E-state index is 4.70. The summed E-state index contributed by atoms with van der Waals surface area (Å²) in [5.74, 6) is 3.20. The summed E-state index contributed by atoms with van der Waals surface area (Å²) in [5, 5.41) is 3.67. The van der Waals surface area contributed by atoms with E-state index in [4.69, 9.17) is 4.98 Å². The molecule has 3 nitrogen and oxygen atoms in total. The van der Waals surface area contributed by atoms with Crippen molar-refractivity contribution in [2.45, 2.75) is 72.9 Å². The molecule has 0 atom stereocenters. The van der Waals surface area contributed by atoms with E-state index in [2.05, 4.69) is 50.7 Å². The van der Waals surface area contributed by atoms with Crippen LogP contribution >= 0.6 is 0 Å². The summed E-state index contributed by atoms with van der Waals surface area (Å²) in [5.41, 5.74) is 1.12. The number of nitrogens with zero attached hydrogens (tertiary/aromatic N) is 2. The lowest BCUT2D eigenvalue weighted by Crippen LogP contribution is -2.24. The Morgan fingerprint density at radius 3 is 2.35 bits per heavy atom. The Bertz CT molecular complexity index is 406. The molecule has 1 N–H and O–H groups in total. The van der Waals surface area contributed by atoms with Gasteiger partial charge in [0.15, 0.2) is 0 Å². The second kappa shape index (κ2) is 6.64. The standard InChI is InChI=1S/C17H31N3/c1-12(2)16(13(3)4)11-20-10-14(5)18-17(20)19-15-8-6-7-9-15/h10,12-13,15-16H,6-9,11H2,1-5H3,(H,18,19). The molecule has 0 bridgehead atoms. The van der Waals surface area contributed by atoms with Crippen LogP contribution in [0.5, 0.6) is 0 Å². The van der Waals surface area contributed by atoms with E-state index >= 15 is 0 Å². The predicted molar refractivity (Wildman–Crippen MR) is 86.0 cm³/mol. The number of rotatable bonds is 6. The zero-order valence-electron chi connectivity index (χ0n) is 13.8. The van der Waals surface area contributed by atoms with Gasteiger partial charge in [-0.3, -0.25) is 0 Å². The largest absolute Gasteiger partial charge is 0.353 e. The molecule has 1 fully saturated rings. The van der Waals surface area contributed by atoms with Crippen LogP contribution in [0.15, 0.2) is 6.20 Å². The quantitative estimate of drug-likeness (QED) is 0.831. The molecule has 20 heavy (non-hydrogen) atoms. The normalized spacial score (nSPS) is 16.8. The van der Waals surface area contributed by atoms with E-state index in [0.29, 0.717) is 23.8 Å². The minimum Gasteiger partial charge on any atom is -0.353 e. The maximum absolute atomic E-state index is 4.70. The molecular formula is C17H31N3. The van der Waals surface area contributed by atoms with E-state index in [1.54, 1.807) is 0 Å². The van der Waals surface area contributed by atoms with Crippen LogP contribution in [-0.2, 0) is 6.54 Å². The Morgan fingerprint density at radius 1 is 1.20 bits per heavy atom. The van der Waals surface area contributed by atoms with Gasteiger partial charge < -0.3 is 9.88 Å². The van der Waals surface area contributed by atoms with Crippen LogP contribution in [0.25, 0.3) is 0 Å². The second-order valence-electron chi connectivity index (χ2n) is 7.14. The Kier molecular flexibility index (Phi) is 5.11. The van der Waals surface area contributed by atoms with E-state index in [9.17, 15) is 0 Å². The predicted octanol–water partition coefficient (Wildman–Crippen LogP) is 4.47. The van der Waals surface area contributed by atoms with Gasteiger partial charge in [0.2, 0.25) is 5.95 Å². The fraction of sp³-hybridized carbons (Fsp3) is 0.824. The van der Waals surface area contributed by atoms with Crippen molar-refractivity contribution in [1.29, 1.82) is 0 Å². The minimum atomic E-state index is 0.632. The molecule has 1 saturated carbocycles. The van der Waals surface area contributed by atoms with Crippen molar-refractivity contribution < 1.29 is 0 Å². The lowest BCUT2D eigenvalue weighted by atomic mass is 9.85. The van der Waals surface area contributed by atoms with Gasteiger partial charge in [-0.15, -0.1) is 0 Å². The topological polar surface area (TPSA) is 29.9 Å². The highest BCUT2D eigenvalue weighted by Crippen LogP contribution is 2.26. The number of hydrogen-bond acceptors (Lipinski definition) is 2. The molecule has 0 aliphatic heterocycles. The first-order chi connectivity index (χ1) is 9.47. The summed E-state index contributed by atoms with van der Waals surface area (Å²) < 4.78 is 2.35. The van der Waals surface area contributed by atoms with Crippen molar-refractivity contribution in [3.8, 4) is 0 Å². The van der Waals surface area contributed by atoms with Crippen LogP contribution in [0.4, 0.5) is 5.95 Å². The van der Waals surface area contributed by atoms with Crippen LogP contribution in [0, 0.1) is 24.7 Å². The SMILES string of the molecule is Cc1cn(CC(C(C)C)C(C)C)c(NC2CCCC2)n1. The molecule has 1 aromatic rings. The Hall–Kier alpha value is -0.990. The van der Waals surface area contributed by atoms with Gasteiger partial charge in [-0.1, -0.05) is 40.5 Å². The van der Waals surface area contributed by atoms with Crippen LogP contribution in [0.3, 0.4) is 0 Å². The third-order valence-corrected chi connectivity index (χ3v) is 4.71. The number of aromatic nitrogens is 2. The number of imidazole rings is 1. The highest BCUT2D eigenvalue weighted by atomic mass is 15.2. The fourth-order valence-electron chi connectivity index (χ4n) is 3.47. The molecule has 2 rings (SSSR count). The summed E-state index contributed by atoms with van der Waals surface area (Å²) in [4.78, 5) is 4.70. The average molecular weight is 277 g/mol. The van der Waals surface area contributed by atoms with Crippen molar-refractivity contribution in [3.05, 3.63) is 11.9 Å². The van der Waals surface area contributed by atoms with Gasteiger partial charge in [-0.05, 0) is 37.5 Å².